The van der Waals surface area contributed by atoms with Crippen molar-refractivity contribution in [3.05, 3.63) is 11.6 Å². The van der Waals surface area contributed by atoms with Gasteiger partial charge in [-0.3, -0.25) is 4.90 Å². The fourth-order valence-electron chi connectivity index (χ4n) is 1.65. The molecule has 15 heavy (non-hydrogen) atoms. The van der Waals surface area contributed by atoms with E-state index in [9.17, 15) is 4.79 Å². The van der Waals surface area contributed by atoms with Gasteiger partial charge in [0.25, 0.3) is 0 Å². The molecule has 4 heteroatoms. The van der Waals surface area contributed by atoms with Gasteiger partial charge in [0.1, 0.15) is 0 Å². The number of nitrogens with zero attached hydrogens (tertiary/aromatic N) is 2. The third-order valence-electron chi connectivity index (χ3n) is 2.85. The first-order chi connectivity index (χ1) is 7.13. The van der Waals surface area contributed by atoms with Gasteiger partial charge in [0.15, 0.2) is 0 Å². The standard InChI is InChI=1S/C11H20N2O2/c1-3-10(11(14)15)4-5-13-8-6-12(2)7-9-13/h4H,3,5-9H2,1-2H3,(H,14,15). The van der Waals surface area contributed by atoms with Crippen LogP contribution in [0, 0.1) is 0 Å². The summed E-state index contributed by atoms with van der Waals surface area (Å²) in [6.45, 7) is 6.85. The summed E-state index contributed by atoms with van der Waals surface area (Å²) in [6.07, 6.45) is 2.44. The lowest BCUT2D eigenvalue weighted by Gasteiger charge is -2.31. The topological polar surface area (TPSA) is 43.8 Å². The summed E-state index contributed by atoms with van der Waals surface area (Å²) in [4.78, 5) is 15.3. The molecule has 0 radical (unpaired) electrons. The monoisotopic (exact) mass is 212 g/mol. The Morgan fingerprint density at radius 3 is 2.40 bits per heavy atom. The minimum Gasteiger partial charge on any atom is -0.478 e. The Bertz CT molecular complexity index is 243. The first-order valence-corrected chi connectivity index (χ1v) is 5.46. The van der Waals surface area contributed by atoms with Gasteiger partial charge in [-0.15, -0.1) is 0 Å². The smallest absolute Gasteiger partial charge is 0.331 e. The molecule has 0 spiro atoms. The highest BCUT2D eigenvalue weighted by Crippen LogP contribution is 2.03. The van der Waals surface area contributed by atoms with Crippen molar-refractivity contribution in [3.8, 4) is 0 Å². The predicted octanol–water partition coefficient (Wildman–Crippen LogP) is 0.655. The van der Waals surface area contributed by atoms with Crippen LogP contribution in [0.1, 0.15) is 13.3 Å². The Morgan fingerprint density at radius 1 is 1.33 bits per heavy atom. The first kappa shape index (κ1) is 12.2. The number of hydrogen-bond acceptors (Lipinski definition) is 3. The lowest BCUT2D eigenvalue weighted by molar-refractivity contribution is -0.132. The number of piperazine rings is 1. The Balaban J connectivity index is 2.38. The molecule has 1 N–H and O–H groups in total. The molecule has 0 aromatic heterocycles. The number of carboxylic acid groups (broad SMARTS) is 1. The van der Waals surface area contributed by atoms with Crippen LogP contribution in [0.3, 0.4) is 0 Å². The molecule has 1 fully saturated rings. The van der Waals surface area contributed by atoms with Gasteiger partial charge >= 0.3 is 5.97 Å². The van der Waals surface area contributed by atoms with Crippen LogP contribution in [-0.4, -0.2) is 60.6 Å². The molecular formula is C11H20N2O2. The molecule has 0 atom stereocenters. The fourth-order valence-corrected chi connectivity index (χ4v) is 1.65. The molecule has 0 aromatic carbocycles. The second-order valence-electron chi connectivity index (χ2n) is 3.99. The maximum absolute atomic E-state index is 10.8. The molecule has 0 amide bonds. The summed E-state index contributed by atoms with van der Waals surface area (Å²) < 4.78 is 0. The third kappa shape index (κ3) is 4.01. The fraction of sp³-hybridized carbons (Fsp3) is 0.727. The van der Waals surface area contributed by atoms with Crippen molar-refractivity contribution in [1.82, 2.24) is 9.80 Å². The van der Waals surface area contributed by atoms with Crippen molar-refractivity contribution in [2.45, 2.75) is 13.3 Å². The molecule has 0 saturated carbocycles. The van der Waals surface area contributed by atoms with Crippen LogP contribution in [-0.2, 0) is 4.79 Å². The molecule has 1 saturated heterocycles. The van der Waals surface area contributed by atoms with Crippen molar-refractivity contribution in [3.63, 3.8) is 0 Å². The molecular weight excluding hydrogens is 192 g/mol. The molecule has 0 aliphatic carbocycles. The minimum absolute atomic E-state index is 0.522. The zero-order valence-corrected chi connectivity index (χ0v) is 9.57. The second kappa shape index (κ2) is 5.88. The number of rotatable bonds is 4. The normalized spacial score (nSPS) is 20.5. The van der Waals surface area contributed by atoms with E-state index >= 15 is 0 Å². The first-order valence-electron chi connectivity index (χ1n) is 5.46. The van der Waals surface area contributed by atoms with E-state index in [0.717, 1.165) is 32.7 Å². The van der Waals surface area contributed by atoms with Crippen LogP contribution < -0.4 is 0 Å². The zero-order chi connectivity index (χ0) is 11.3. The van der Waals surface area contributed by atoms with Crippen LogP contribution in [0.4, 0.5) is 0 Å². The summed E-state index contributed by atoms with van der Waals surface area (Å²) in [5, 5.41) is 8.85. The van der Waals surface area contributed by atoms with Gasteiger partial charge in [0.2, 0.25) is 0 Å². The molecule has 1 rings (SSSR count). The maximum Gasteiger partial charge on any atom is 0.331 e. The summed E-state index contributed by atoms with van der Waals surface area (Å²) in [5.74, 6) is -0.786. The number of carboxylic acids is 1. The Morgan fingerprint density at radius 2 is 1.93 bits per heavy atom. The van der Waals surface area contributed by atoms with Gasteiger partial charge < -0.3 is 10.0 Å². The average molecular weight is 212 g/mol. The molecule has 86 valence electrons. The van der Waals surface area contributed by atoms with Crippen molar-refractivity contribution in [2.24, 2.45) is 0 Å². The molecule has 0 unspecified atom stereocenters. The van der Waals surface area contributed by atoms with Crippen LogP contribution in [0.2, 0.25) is 0 Å². The SMILES string of the molecule is CCC(=CCN1CCN(C)CC1)C(=O)O. The molecule has 4 nitrogen and oxygen atoms in total. The molecule has 0 aromatic rings. The van der Waals surface area contributed by atoms with E-state index in [1.54, 1.807) is 0 Å². The van der Waals surface area contributed by atoms with Gasteiger partial charge in [-0.2, -0.15) is 0 Å². The van der Waals surface area contributed by atoms with Crippen molar-refractivity contribution < 1.29 is 9.90 Å². The molecule has 1 aliphatic heterocycles. The second-order valence-corrected chi connectivity index (χ2v) is 3.99. The van der Waals surface area contributed by atoms with Gasteiger partial charge in [-0.25, -0.2) is 4.79 Å². The van der Waals surface area contributed by atoms with Gasteiger partial charge in [-0.1, -0.05) is 13.0 Å². The Labute approximate surface area is 91.2 Å². The average Bonchev–Trinajstić information content (AvgIpc) is 2.21. The minimum atomic E-state index is -0.786. The third-order valence-corrected chi connectivity index (χ3v) is 2.85. The Kier molecular flexibility index (Phi) is 4.78. The van der Waals surface area contributed by atoms with E-state index in [1.165, 1.54) is 0 Å². The van der Waals surface area contributed by atoms with Crippen LogP contribution >= 0.6 is 0 Å². The van der Waals surface area contributed by atoms with E-state index in [2.05, 4.69) is 16.8 Å². The van der Waals surface area contributed by atoms with E-state index in [1.807, 2.05) is 13.0 Å². The summed E-state index contributed by atoms with van der Waals surface area (Å²) in [6, 6.07) is 0. The highest BCUT2D eigenvalue weighted by atomic mass is 16.4. The summed E-state index contributed by atoms with van der Waals surface area (Å²) >= 11 is 0. The van der Waals surface area contributed by atoms with Gasteiger partial charge in [0, 0.05) is 38.3 Å². The predicted molar refractivity (Wildman–Crippen MR) is 59.9 cm³/mol. The van der Waals surface area contributed by atoms with Crippen LogP contribution in [0.15, 0.2) is 11.6 Å². The highest BCUT2D eigenvalue weighted by molar-refractivity contribution is 5.86. The largest absolute Gasteiger partial charge is 0.478 e. The van der Waals surface area contributed by atoms with Crippen molar-refractivity contribution in [2.75, 3.05) is 39.8 Å². The van der Waals surface area contributed by atoms with E-state index in [0.29, 0.717) is 12.0 Å². The van der Waals surface area contributed by atoms with Crippen LogP contribution in [0.25, 0.3) is 0 Å². The summed E-state index contributed by atoms with van der Waals surface area (Å²) in [5.41, 5.74) is 0.522. The quantitative estimate of drug-likeness (QED) is 0.695. The molecule has 0 bridgehead atoms. The van der Waals surface area contributed by atoms with Crippen LogP contribution in [0.5, 0.6) is 0 Å². The lowest BCUT2D eigenvalue weighted by Crippen LogP contribution is -2.44. The highest BCUT2D eigenvalue weighted by Gasteiger charge is 2.13. The van der Waals surface area contributed by atoms with E-state index in [-0.39, 0.29) is 0 Å². The van der Waals surface area contributed by atoms with Crippen molar-refractivity contribution >= 4 is 5.97 Å². The molecule has 1 heterocycles. The zero-order valence-electron chi connectivity index (χ0n) is 9.57. The van der Waals surface area contributed by atoms with E-state index in [4.69, 9.17) is 5.11 Å². The maximum atomic E-state index is 10.8. The number of likely N-dealkylation sites (N-methyl/N-ethyl adjacent to an activating group) is 1. The number of hydrogen-bond donors (Lipinski definition) is 1. The van der Waals surface area contributed by atoms with Gasteiger partial charge in [0.05, 0.1) is 0 Å². The lowest BCUT2D eigenvalue weighted by atomic mass is 10.2. The molecule has 1 aliphatic rings. The summed E-state index contributed by atoms with van der Waals surface area (Å²) in [7, 11) is 2.11. The Hall–Kier alpha value is -0.870. The number of carbonyl (C=O) groups is 1. The van der Waals surface area contributed by atoms with Crippen molar-refractivity contribution in [1.29, 1.82) is 0 Å². The van der Waals surface area contributed by atoms with Gasteiger partial charge in [-0.05, 0) is 13.5 Å². The number of aliphatic carboxylic acids is 1. The van der Waals surface area contributed by atoms with E-state index < -0.39 is 5.97 Å².